The van der Waals surface area contributed by atoms with Gasteiger partial charge in [-0.05, 0) is 67.1 Å². The molecule has 1 aliphatic carbocycles. The molecule has 184 valence electrons. The molecule has 2 aromatic carbocycles. The third-order valence-electron chi connectivity index (χ3n) is 7.12. The van der Waals surface area contributed by atoms with Gasteiger partial charge >= 0.3 is 0 Å². The van der Waals surface area contributed by atoms with Crippen molar-refractivity contribution in [2.24, 2.45) is 0 Å². The topological polar surface area (TPSA) is 74.8 Å². The number of hydrogen-bond acceptors (Lipinski definition) is 5. The number of anilines is 2. The standard InChI is InChI=1S/C29H30N4O3/c34-28(30-22-11-12-22)21-10-9-20-13-15-33(26-7-2-1-5-23(26)24(20)19-21)29(35)25-6-3-8-27(31-25)32-14-4-17-36-18-16-32/h1-3,5-10,19,22H,4,11-18H2,(H,30,34). The van der Waals surface area contributed by atoms with E-state index >= 15 is 0 Å². The second kappa shape index (κ2) is 9.74. The molecule has 2 amide bonds. The molecule has 0 spiro atoms. The smallest absolute Gasteiger partial charge is 0.276 e. The number of nitrogens with zero attached hydrogens (tertiary/aromatic N) is 3. The molecular formula is C29H30N4O3. The summed E-state index contributed by atoms with van der Waals surface area (Å²) in [5.41, 5.74) is 5.04. The summed E-state index contributed by atoms with van der Waals surface area (Å²) in [5, 5.41) is 3.08. The van der Waals surface area contributed by atoms with Gasteiger partial charge in [-0.25, -0.2) is 4.98 Å². The number of aromatic nitrogens is 1. The highest BCUT2D eigenvalue weighted by Gasteiger charge is 2.28. The van der Waals surface area contributed by atoms with Crippen molar-refractivity contribution in [3.05, 3.63) is 77.5 Å². The lowest BCUT2D eigenvalue weighted by Gasteiger charge is -2.24. The summed E-state index contributed by atoms with van der Waals surface area (Å²) in [5.74, 6) is 0.661. The molecule has 6 rings (SSSR count). The number of nitrogens with one attached hydrogen (secondary N) is 1. The number of ether oxygens (including phenoxy) is 1. The van der Waals surface area contributed by atoms with E-state index in [0.717, 1.165) is 67.2 Å². The number of carbonyl (C=O) groups excluding carboxylic acids is 2. The van der Waals surface area contributed by atoms with Crippen molar-refractivity contribution in [1.29, 1.82) is 0 Å². The van der Waals surface area contributed by atoms with Crippen LogP contribution in [0.5, 0.6) is 0 Å². The van der Waals surface area contributed by atoms with Gasteiger partial charge in [-0.2, -0.15) is 0 Å². The van der Waals surface area contributed by atoms with Crippen molar-refractivity contribution >= 4 is 23.3 Å². The average molecular weight is 483 g/mol. The van der Waals surface area contributed by atoms with E-state index < -0.39 is 0 Å². The maximum absolute atomic E-state index is 13.8. The Labute approximate surface area is 211 Å². The molecule has 0 radical (unpaired) electrons. The normalized spacial score (nSPS) is 17.4. The summed E-state index contributed by atoms with van der Waals surface area (Å²) in [6, 6.07) is 19.8. The maximum atomic E-state index is 13.8. The molecular weight excluding hydrogens is 452 g/mol. The number of pyridine rings is 1. The van der Waals surface area contributed by atoms with Crippen LogP contribution in [0.2, 0.25) is 0 Å². The van der Waals surface area contributed by atoms with Crippen LogP contribution in [-0.2, 0) is 11.2 Å². The molecule has 3 aliphatic rings. The van der Waals surface area contributed by atoms with Gasteiger partial charge in [0.25, 0.3) is 11.8 Å². The molecule has 1 N–H and O–H groups in total. The van der Waals surface area contributed by atoms with Gasteiger partial charge in [0.2, 0.25) is 0 Å². The molecule has 0 bridgehead atoms. The van der Waals surface area contributed by atoms with E-state index in [1.54, 1.807) is 6.07 Å². The quantitative estimate of drug-likeness (QED) is 0.607. The molecule has 2 aliphatic heterocycles. The van der Waals surface area contributed by atoms with E-state index in [1.807, 2.05) is 59.5 Å². The zero-order valence-electron chi connectivity index (χ0n) is 20.3. The largest absolute Gasteiger partial charge is 0.380 e. The summed E-state index contributed by atoms with van der Waals surface area (Å²) in [6.07, 6.45) is 3.75. The van der Waals surface area contributed by atoms with Gasteiger partial charge in [0, 0.05) is 43.4 Å². The maximum Gasteiger partial charge on any atom is 0.276 e. The third-order valence-corrected chi connectivity index (χ3v) is 7.12. The first-order valence-electron chi connectivity index (χ1n) is 12.8. The van der Waals surface area contributed by atoms with Crippen molar-refractivity contribution in [2.75, 3.05) is 42.6 Å². The number of fused-ring (bicyclic) bond motifs is 3. The molecule has 2 fully saturated rings. The van der Waals surface area contributed by atoms with E-state index in [0.29, 0.717) is 36.9 Å². The second-order valence-electron chi connectivity index (χ2n) is 9.68. The lowest BCUT2D eigenvalue weighted by Crippen LogP contribution is -2.34. The van der Waals surface area contributed by atoms with Crippen LogP contribution in [0.1, 0.15) is 45.7 Å². The van der Waals surface area contributed by atoms with Crippen LogP contribution in [0.25, 0.3) is 11.1 Å². The lowest BCUT2D eigenvalue weighted by atomic mass is 9.95. The van der Waals surface area contributed by atoms with E-state index in [-0.39, 0.29) is 11.8 Å². The van der Waals surface area contributed by atoms with Crippen LogP contribution >= 0.6 is 0 Å². The fraction of sp³-hybridized carbons (Fsp3) is 0.345. The van der Waals surface area contributed by atoms with Crippen LogP contribution in [0.3, 0.4) is 0 Å². The minimum absolute atomic E-state index is 0.0325. The molecule has 0 unspecified atom stereocenters. The lowest BCUT2D eigenvalue weighted by molar-refractivity contribution is 0.0949. The van der Waals surface area contributed by atoms with E-state index in [4.69, 9.17) is 9.72 Å². The fourth-order valence-electron chi connectivity index (χ4n) is 5.02. The summed E-state index contributed by atoms with van der Waals surface area (Å²) >= 11 is 0. The van der Waals surface area contributed by atoms with Crippen molar-refractivity contribution < 1.29 is 14.3 Å². The summed E-state index contributed by atoms with van der Waals surface area (Å²) in [6.45, 7) is 3.59. The predicted molar refractivity (Wildman–Crippen MR) is 140 cm³/mol. The minimum atomic E-state index is -0.116. The number of carbonyl (C=O) groups is 2. The Bertz CT molecular complexity index is 1300. The van der Waals surface area contributed by atoms with Crippen LogP contribution < -0.4 is 15.1 Å². The summed E-state index contributed by atoms with van der Waals surface area (Å²) < 4.78 is 5.58. The third kappa shape index (κ3) is 4.58. The molecule has 1 saturated heterocycles. The summed E-state index contributed by atoms with van der Waals surface area (Å²) in [7, 11) is 0. The molecule has 3 heterocycles. The first kappa shape index (κ1) is 22.7. The zero-order chi connectivity index (χ0) is 24.5. The first-order chi connectivity index (χ1) is 17.7. The molecule has 7 heteroatoms. The monoisotopic (exact) mass is 482 g/mol. The highest BCUT2D eigenvalue weighted by atomic mass is 16.5. The van der Waals surface area contributed by atoms with Crippen LogP contribution in [0.15, 0.2) is 60.7 Å². The Hall–Kier alpha value is -3.71. The Morgan fingerprint density at radius 1 is 0.917 bits per heavy atom. The Morgan fingerprint density at radius 3 is 2.69 bits per heavy atom. The SMILES string of the molecule is O=C(NC1CC1)c1ccc2c(c1)-c1ccccc1N(C(=O)c1cccc(N3CCCOCC3)n1)CC2. The molecule has 3 aromatic rings. The van der Waals surface area contributed by atoms with Gasteiger partial charge < -0.3 is 19.9 Å². The van der Waals surface area contributed by atoms with Gasteiger partial charge in [0.05, 0.1) is 12.3 Å². The van der Waals surface area contributed by atoms with E-state index in [9.17, 15) is 9.59 Å². The Balaban J connectivity index is 1.32. The highest BCUT2D eigenvalue weighted by Crippen LogP contribution is 2.37. The van der Waals surface area contributed by atoms with Crippen LogP contribution in [0, 0.1) is 0 Å². The predicted octanol–water partition coefficient (Wildman–Crippen LogP) is 4.07. The first-order valence-corrected chi connectivity index (χ1v) is 12.8. The van der Waals surface area contributed by atoms with Crippen LogP contribution in [-0.4, -0.2) is 55.7 Å². The Kier molecular flexibility index (Phi) is 6.15. The number of para-hydroxylation sites is 1. The van der Waals surface area contributed by atoms with Crippen LogP contribution in [0.4, 0.5) is 11.5 Å². The number of hydrogen-bond donors (Lipinski definition) is 1. The number of rotatable bonds is 4. The molecule has 7 nitrogen and oxygen atoms in total. The average Bonchev–Trinajstić information content (AvgIpc) is 3.77. The molecule has 36 heavy (non-hydrogen) atoms. The van der Waals surface area contributed by atoms with Gasteiger partial charge in [0.15, 0.2) is 0 Å². The fourth-order valence-corrected chi connectivity index (χ4v) is 5.02. The molecule has 1 saturated carbocycles. The molecule has 0 atom stereocenters. The second-order valence-corrected chi connectivity index (χ2v) is 9.68. The van der Waals surface area contributed by atoms with Crippen molar-refractivity contribution in [2.45, 2.75) is 31.7 Å². The van der Waals surface area contributed by atoms with E-state index in [2.05, 4.69) is 10.2 Å². The molecule has 1 aromatic heterocycles. The van der Waals surface area contributed by atoms with E-state index in [1.165, 1.54) is 0 Å². The number of benzene rings is 2. The van der Waals surface area contributed by atoms with Gasteiger partial charge in [-0.1, -0.05) is 30.3 Å². The summed E-state index contributed by atoms with van der Waals surface area (Å²) in [4.78, 5) is 35.3. The van der Waals surface area contributed by atoms with Crippen molar-refractivity contribution in [3.63, 3.8) is 0 Å². The van der Waals surface area contributed by atoms with Gasteiger partial charge in [0.1, 0.15) is 11.5 Å². The minimum Gasteiger partial charge on any atom is -0.380 e. The van der Waals surface area contributed by atoms with Gasteiger partial charge in [-0.15, -0.1) is 0 Å². The van der Waals surface area contributed by atoms with Gasteiger partial charge in [-0.3, -0.25) is 9.59 Å². The highest BCUT2D eigenvalue weighted by molar-refractivity contribution is 6.08. The zero-order valence-corrected chi connectivity index (χ0v) is 20.3. The number of amides is 2. The van der Waals surface area contributed by atoms with Crippen molar-refractivity contribution in [1.82, 2.24) is 10.3 Å². The Morgan fingerprint density at radius 2 is 1.81 bits per heavy atom. The van der Waals surface area contributed by atoms with Crippen molar-refractivity contribution in [3.8, 4) is 11.1 Å².